The molecule has 0 radical (unpaired) electrons. The molecular weight excluding hydrogens is 264 g/mol. The Labute approximate surface area is 118 Å². The molecule has 0 aliphatic carbocycles. The third-order valence-electron chi connectivity index (χ3n) is 3.95. The molecular formula is C15H21F2NO2. The largest absolute Gasteiger partial charge is 0.396 e. The van der Waals surface area contributed by atoms with E-state index in [0.29, 0.717) is 12.8 Å². The first-order chi connectivity index (χ1) is 9.39. The number of carbonyl (C=O) groups is 1. The summed E-state index contributed by atoms with van der Waals surface area (Å²) in [6.45, 7) is 5.43. The number of amides is 1. The van der Waals surface area contributed by atoms with Crippen molar-refractivity contribution in [2.45, 2.75) is 33.6 Å². The Balaban J connectivity index is 2.85. The zero-order chi connectivity index (χ0) is 15.3. The lowest BCUT2D eigenvalue weighted by molar-refractivity contribution is 0.0847. The van der Waals surface area contributed by atoms with E-state index in [2.05, 4.69) is 5.32 Å². The predicted molar refractivity (Wildman–Crippen MR) is 73.5 cm³/mol. The van der Waals surface area contributed by atoms with Gasteiger partial charge in [0.15, 0.2) is 0 Å². The summed E-state index contributed by atoms with van der Waals surface area (Å²) in [6.07, 6.45) is 1.37. The van der Waals surface area contributed by atoms with Crippen molar-refractivity contribution in [3.8, 4) is 0 Å². The van der Waals surface area contributed by atoms with Crippen molar-refractivity contribution in [1.82, 2.24) is 5.32 Å². The van der Waals surface area contributed by atoms with Gasteiger partial charge in [0.2, 0.25) is 0 Å². The molecule has 0 spiro atoms. The summed E-state index contributed by atoms with van der Waals surface area (Å²) in [4.78, 5) is 11.9. The Kier molecular flexibility index (Phi) is 5.62. The smallest absolute Gasteiger partial charge is 0.254 e. The second kappa shape index (κ2) is 6.79. The van der Waals surface area contributed by atoms with Gasteiger partial charge in [0.25, 0.3) is 5.91 Å². The van der Waals surface area contributed by atoms with Crippen LogP contribution in [0.3, 0.4) is 0 Å². The summed E-state index contributed by atoms with van der Waals surface area (Å²) in [6, 6.07) is 1.90. The fourth-order valence-electron chi connectivity index (χ4n) is 1.96. The van der Waals surface area contributed by atoms with Gasteiger partial charge in [-0.3, -0.25) is 4.79 Å². The van der Waals surface area contributed by atoms with Crippen LogP contribution in [0.4, 0.5) is 8.78 Å². The molecule has 5 heteroatoms. The van der Waals surface area contributed by atoms with Crippen molar-refractivity contribution in [2.24, 2.45) is 5.41 Å². The van der Waals surface area contributed by atoms with Gasteiger partial charge in [0.05, 0.1) is 12.2 Å². The summed E-state index contributed by atoms with van der Waals surface area (Å²) in [5.74, 6) is -2.03. The van der Waals surface area contributed by atoms with E-state index in [1.165, 1.54) is 6.92 Å². The van der Waals surface area contributed by atoms with Crippen LogP contribution in [-0.4, -0.2) is 24.2 Å². The summed E-state index contributed by atoms with van der Waals surface area (Å²) in [5.41, 5.74) is -0.576. The van der Waals surface area contributed by atoms with Gasteiger partial charge >= 0.3 is 0 Å². The van der Waals surface area contributed by atoms with Crippen LogP contribution in [0.15, 0.2) is 12.1 Å². The van der Waals surface area contributed by atoms with E-state index < -0.39 is 23.0 Å². The van der Waals surface area contributed by atoms with Gasteiger partial charge in [0.1, 0.15) is 11.6 Å². The maximum atomic E-state index is 13.7. The van der Waals surface area contributed by atoms with Gasteiger partial charge in [-0.05, 0) is 37.5 Å². The van der Waals surface area contributed by atoms with E-state index in [4.69, 9.17) is 0 Å². The Morgan fingerprint density at radius 2 is 1.85 bits per heavy atom. The number of hydrogen-bond donors (Lipinski definition) is 2. The van der Waals surface area contributed by atoms with Crippen LogP contribution in [0.1, 0.15) is 42.6 Å². The molecule has 0 fully saturated rings. The van der Waals surface area contributed by atoms with Gasteiger partial charge in [0, 0.05) is 12.0 Å². The van der Waals surface area contributed by atoms with E-state index in [1.54, 1.807) is 0 Å². The van der Waals surface area contributed by atoms with Crippen LogP contribution in [-0.2, 0) is 0 Å². The van der Waals surface area contributed by atoms with E-state index in [1.807, 2.05) is 13.8 Å². The average Bonchev–Trinajstić information content (AvgIpc) is 2.44. The first kappa shape index (κ1) is 16.6. The maximum absolute atomic E-state index is 13.7. The van der Waals surface area contributed by atoms with Crippen LogP contribution < -0.4 is 5.32 Å². The molecule has 0 aromatic heterocycles. The molecule has 0 aliphatic heterocycles. The summed E-state index contributed by atoms with van der Waals surface area (Å²) >= 11 is 0. The third-order valence-corrected chi connectivity index (χ3v) is 3.95. The number of carbonyl (C=O) groups excluding carboxylic acids is 1. The second-order valence-corrected chi connectivity index (χ2v) is 5.13. The molecule has 1 aromatic carbocycles. The molecule has 1 aromatic rings. The molecule has 2 N–H and O–H groups in total. The summed E-state index contributed by atoms with van der Waals surface area (Å²) in [7, 11) is 0. The molecule has 0 saturated heterocycles. The van der Waals surface area contributed by atoms with Crippen molar-refractivity contribution < 1.29 is 18.7 Å². The highest BCUT2D eigenvalue weighted by molar-refractivity contribution is 5.94. The van der Waals surface area contributed by atoms with Crippen LogP contribution >= 0.6 is 0 Å². The molecule has 0 bridgehead atoms. The number of halogens is 2. The SMILES string of the molecule is CCC(CC)(CO)CNC(=O)c1cc(F)c(C)cc1F. The Morgan fingerprint density at radius 3 is 2.35 bits per heavy atom. The zero-order valence-corrected chi connectivity index (χ0v) is 12.1. The highest BCUT2D eigenvalue weighted by Gasteiger charge is 2.26. The van der Waals surface area contributed by atoms with Crippen LogP contribution in [0.2, 0.25) is 0 Å². The minimum Gasteiger partial charge on any atom is -0.396 e. The fourth-order valence-corrected chi connectivity index (χ4v) is 1.96. The topological polar surface area (TPSA) is 49.3 Å². The lowest BCUT2D eigenvalue weighted by Crippen LogP contribution is -2.39. The second-order valence-electron chi connectivity index (χ2n) is 5.13. The number of aliphatic hydroxyl groups is 1. The standard InChI is InChI=1S/C15H21F2NO2/c1-4-15(5-2,9-19)8-18-14(20)11-7-12(16)10(3)6-13(11)17/h6-7,19H,4-5,8-9H2,1-3H3,(H,18,20). The third kappa shape index (κ3) is 3.54. The number of aliphatic hydroxyl groups excluding tert-OH is 1. The molecule has 0 atom stereocenters. The number of aryl methyl sites for hydroxylation is 1. The maximum Gasteiger partial charge on any atom is 0.254 e. The number of benzene rings is 1. The first-order valence-corrected chi connectivity index (χ1v) is 6.73. The van der Waals surface area contributed by atoms with E-state index in [9.17, 15) is 18.7 Å². The molecule has 20 heavy (non-hydrogen) atoms. The minimum atomic E-state index is -0.746. The van der Waals surface area contributed by atoms with Crippen molar-refractivity contribution in [3.63, 3.8) is 0 Å². The first-order valence-electron chi connectivity index (χ1n) is 6.73. The van der Waals surface area contributed by atoms with E-state index in [0.717, 1.165) is 12.1 Å². The van der Waals surface area contributed by atoms with Gasteiger partial charge in [-0.2, -0.15) is 0 Å². The van der Waals surface area contributed by atoms with Crippen molar-refractivity contribution in [3.05, 3.63) is 34.9 Å². The van der Waals surface area contributed by atoms with Crippen LogP contribution in [0.25, 0.3) is 0 Å². The van der Waals surface area contributed by atoms with Crippen molar-refractivity contribution in [1.29, 1.82) is 0 Å². The number of rotatable bonds is 6. The molecule has 1 rings (SSSR count). The Hall–Kier alpha value is -1.49. The summed E-state index contributed by atoms with van der Waals surface area (Å²) < 4.78 is 27.1. The van der Waals surface area contributed by atoms with Gasteiger partial charge < -0.3 is 10.4 Å². The normalized spacial score (nSPS) is 11.5. The Bertz CT molecular complexity index is 477. The lowest BCUT2D eigenvalue weighted by Gasteiger charge is -2.29. The van der Waals surface area contributed by atoms with Crippen molar-refractivity contribution in [2.75, 3.05) is 13.2 Å². The monoisotopic (exact) mass is 285 g/mol. The van der Waals surface area contributed by atoms with E-state index in [-0.39, 0.29) is 24.3 Å². The molecule has 0 unspecified atom stereocenters. The Morgan fingerprint density at radius 1 is 1.25 bits per heavy atom. The number of nitrogens with one attached hydrogen (secondary N) is 1. The minimum absolute atomic E-state index is 0.0645. The molecule has 3 nitrogen and oxygen atoms in total. The summed E-state index contributed by atoms with van der Waals surface area (Å²) in [5, 5.41) is 12.0. The van der Waals surface area contributed by atoms with Crippen molar-refractivity contribution >= 4 is 5.91 Å². The zero-order valence-electron chi connectivity index (χ0n) is 12.1. The number of hydrogen-bond acceptors (Lipinski definition) is 2. The van der Waals surface area contributed by atoms with Gasteiger partial charge in [-0.15, -0.1) is 0 Å². The predicted octanol–water partition coefficient (Wildman–Crippen LogP) is 2.80. The molecule has 0 saturated carbocycles. The fraction of sp³-hybridized carbons (Fsp3) is 0.533. The lowest BCUT2D eigenvalue weighted by atomic mass is 9.83. The van der Waals surface area contributed by atoms with Crippen LogP contribution in [0.5, 0.6) is 0 Å². The average molecular weight is 285 g/mol. The quantitative estimate of drug-likeness (QED) is 0.844. The molecule has 112 valence electrons. The highest BCUT2D eigenvalue weighted by Crippen LogP contribution is 2.24. The van der Waals surface area contributed by atoms with Gasteiger partial charge in [-0.1, -0.05) is 13.8 Å². The van der Waals surface area contributed by atoms with E-state index >= 15 is 0 Å². The molecule has 0 heterocycles. The molecule has 1 amide bonds. The van der Waals surface area contributed by atoms with Crippen LogP contribution in [0, 0.1) is 24.0 Å². The molecule has 0 aliphatic rings. The highest BCUT2D eigenvalue weighted by atomic mass is 19.1. The van der Waals surface area contributed by atoms with Gasteiger partial charge in [-0.25, -0.2) is 8.78 Å².